The van der Waals surface area contributed by atoms with Gasteiger partial charge in [-0.05, 0) is 13.6 Å². The Hall–Kier alpha value is -1.11. The van der Waals surface area contributed by atoms with Gasteiger partial charge in [-0.1, -0.05) is 6.92 Å². The third-order valence-corrected chi connectivity index (χ3v) is 3.77. The van der Waals surface area contributed by atoms with Crippen molar-refractivity contribution in [1.29, 1.82) is 0 Å². The van der Waals surface area contributed by atoms with Crippen molar-refractivity contribution >= 4 is 0 Å². The van der Waals surface area contributed by atoms with Gasteiger partial charge in [0.15, 0.2) is 5.75 Å². The first-order valence-corrected chi connectivity index (χ1v) is 6.78. The number of nitrogens with one attached hydrogen (secondary N) is 1. The van der Waals surface area contributed by atoms with Crippen LogP contribution in [0.4, 0.5) is 0 Å². The van der Waals surface area contributed by atoms with Crippen LogP contribution in [0.1, 0.15) is 18.7 Å². The lowest BCUT2D eigenvalue weighted by Crippen LogP contribution is -2.48. The van der Waals surface area contributed by atoms with E-state index in [1.54, 1.807) is 13.3 Å². The van der Waals surface area contributed by atoms with Gasteiger partial charge in [0.2, 0.25) is 0 Å². The van der Waals surface area contributed by atoms with Crippen molar-refractivity contribution < 1.29 is 9.47 Å². The highest BCUT2D eigenvalue weighted by atomic mass is 16.5. The van der Waals surface area contributed by atoms with Crippen LogP contribution in [0.2, 0.25) is 0 Å². The minimum Gasteiger partial charge on any atom is -0.493 e. The molecule has 1 aliphatic rings. The summed E-state index contributed by atoms with van der Waals surface area (Å²) in [5.41, 5.74) is 1.04. The van der Waals surface area contributed by atoms with E-state index in [1.807, 2.05) is 18.8 Å². The van der Waals surface area contributed by atoms with Gasteiger partial charge in [-0.25, -0.2) is 0 Å². The maximum atomic E-state index is 5.94. The van der Waals surface area contributed by atoms with Gasteiger partial charge >= 0.3 is 0 Å². The Morgan fingerprint density at radius 2 is 2.42 bits per heavy atom. The Morgan fingerprint density at radius 3 is 3.05 bits per heavy atom. The molecule has 6 nitrogen and oxygen atoms in total. The number of nitrogens with zero attached hydrogens (tertiary/aromatic N) is 3. The zero-order valence-electron chi connectivity index (χ0n) is 12.2. The van der Waals surface area contributed by atoms with Crippen molar-refractivity contribution in [3.05, 3.63) is 11.9 Å². The van der Waals surface area contributed by atoms with Crippen LogP contribution in [0.15, 0.2) is 6.20 Å². The summed E-state index contributed by atoms with van der Waals surface area (Å²) in [5.74, 6) is 0.805. The van der Waals surface area contributed by atoms with E-state index >= 15 is 0 Å². The molecule has 0 aromatic carbocycles. The lowest BCUT2D eigenvalue weighted by molar-refractivity contribution is -0.0459. The van der Waals surface area contributed by atoms with Gasteiger partial charge in [0.1, 0.15) is 0 Å². The molecule has 108 valence electrons. The molecular weight excluding hydrogens is 244 g/mol. The molecule has 2 heterocycles. The topological polar surface area (TPSA) is 51.6 Å². The lowest BCUT2D eigenvalue weighted by Gasteiger charge is -2.36. The average Bonchev–Trinajstić information content (AvgIpc) is 2.82. The van der Waals surface area contributed by atoms with Gasteiger partial charge in [0.25, 0.3) is 0 Å². The summed E-state index contributed by atoms with van der Waals surface area (Å²) in [7, 11) is 5.56. The highest BCUT2D eigenvalue weighted by Gasteiger charge is 2.31. The van der Waals surface area contributed by atoms with Crippen LogP contribution >= 0.6 is 0 Å². The molecule has 2 atom stereocenters. The summed E-state index contributed by atoms with van der Waals surface area (Å²) in [6.45, 7) is 5.94. The molecule has 0 radical (unpaired) electrons. The van der Waals surface area contributed by atoms with Crippen LogP contribution in [0.25, 0.3) is 0 Å². The van der Waals surface area contributed by atoms with E-state index in [0.29, 0.717) is 0 Å². The highest BCUT2D eigenvalue weighted by molar-refractivity contribution is 5.29. The van der Waals surface area contributed by atoms with Crippen molar-refractivity contribution in [3.8, 4) is 5.75 Å². The lowest BCUT2D eigenvalue weighted by atomic mass is 10.0. The smallest absolute Gasteiger partial charge is 0.161 e. The van der Waals surface area contributed by atoms with Gasteiger partial charge < -0.3 is 14.8 Å². The van der Waals surface area contributed by atoms with Crippen LogP contribution in [0, 0.1) is 0 Å². The van der Waals surface area contributed by atoms with Crippen molar-refractivity contribution in [2.24, 2.45) is 7.05 Å². The Balaban J connectivity index is 2.21. The minimum absolute atomic E-state index is 0.0804. The molecule has 1 fully saturated rings. The number of hydrogen-bond donors (Lipinski definition) is 1. The van der Waals surface area contributed by atoms with E-state index in [4.69, 9.17) is 9.47 Å². The second kappa shape index (κ2) is 6.36. The van der Waals surface area contributed by atoms with Gasteiger partial charge in [0.05, 0.1) is 37.8 Å². The number of aromatic nitrogens is 2. The summed E-state index contributed by atoms with van der Waals surface area (Å²) in [6.07, 6.45) is 1.86. The monoisotopic (exact) mass is 268 g/mol. The number of rotatable bonds is 5. The van der Waals surface area contributed by atoms with E-state index < -0.39 is 0 Å². The van der Waals surface area contributed by atoms with Gasteiger partial charge in [-0.3, -0.25) is 9.58 Å². The van der Waals surface area contributed by atoms with Gasteiger partial charge in [0, 0.05) is 20.1 Å². The van der Waals surface area contributed by atoms with E-state index in [-0.39, 0.29) is 12.1 Å². The van der Waals surface area contributed by atoms with Crippen molar-refractivity contribution in [2.45, 2.75) is 19.1 Å². The number of likely N-dealkylation sites (N-methyl/N-ethyl adjacent to an activating group) is 2. The van der Waals surface area contributed by atoms with Gasteiger partial charge in [-0.15, -0.1) is 0 Å². The summed E-state index contributed by atoms with van der Waals surface area (Å²) < 4.78 is 13.2. The van der Waals surface area contributed by atoms with Crippen molar-refractivity contribution in [2.75, 3.05) is 40.4 Å². The fourth-order valence-corrected chi connectivity index (χ4v) is 2.66. The zero-order chi connectivity index (χ0) is 13.8. The molecule has 0 aliphatic carbocycles. The van der Waals surface area contributed by atoms with Gasteiger partial charge in [-0.2, -0.15) is 5.10 Å². The van der Waals surface area contributed by atoms with E-state index in [1.165, 1.54) is 0 Å². The Bertz CT molecular complexity index is 407. The molecule has 2 rings (SSSR count). The zero-order valence-corrected chi connectivity index (χ0v) is 12.2. The molecule has 1 aromatic rings. The predicted octanol–water partition coefficient (Wildman–Crippen LogP) is 0.410. The largest absolute Gasteiger partial charge is 0.493 e. The normalized spacial score (nSPS) is 22.4. The maximum absolute atomic E-state index is 5.94. The molecule has 0 spiro atoms. The number of ether oxygens (including phenoxy) is 2. The molecule has 0 amide bonds. The molecule has 0 saturated carbocycles. The molecule has 6 heteroatoms. The van der Waals surface area contributed by atoms with E-state index in [9.17, 15) is 0 Å². The summed E-state index contributed by atoms with van der Waals surface area (Å²) in [6, 6.07) is 0.0804. The first kappa shape index (κ1) is 14.3. The van der Waals surface area contributed by atoms with E-state index in [2.05, 4.69) is 22.2 Å². The molecule has 1 aliphatic heterocycles. The number of methoxy groups -OCH3 is 1. The third kappa shape index (κ3) is 2.91. The molecule has 2 unspecified atom stereocenters. The Morgan fingerprint density at radius 1 is 1.63 bits per heavy atom. The SMILES string of the molecule is CCN1CCOC(C(NC)c2c(OC)cnn2C)C1. The first-order chi connectivity index (χ1) is 9.21. The second-order valence-electron chi connectivity index (χ2n) is 4.79. The fraction of sp³-hybridized carbons (Fsp3) is 0.769. The minimum atomic E-state index is 0.0804. The molecular formula is C13H24N4O2. The summed E-state index contributed by atoms with van der Waals surface area (Å²) in [5, 5.41) is 7.61. The van der Waals surface area contributed by atoms with Crippen LogP contribution in [-0.4, -0.2) is 61.2 Å². The third-order valence-electron chi connectivity index (χ3n) is 3.77. The Labute approximate surface area is 114 Å². The highest BCUT2D eigenvalue weighted by Crippen LogP contribution is 2.29. The maximum Gasteiger partial charge on any atom is 0.161 e. The number of morpholine rings is 1. The second-order valence-corrected chi connectivity index (χ2v) is 4.79. The van der Waals surface area contributed by atoms with E-state index in [0.717, 1.165) is 37.7 Å². The molecule has 1 N–H and O–H groups in total. The summed E-state index contributed by atoms with van der Waals surface area (Å²) >= 11 is 0. The average molecular weight is 268 g/mol. The van der Waals surface area contributed by atoms with Crippen molar-refractivity contribution in [3.63, 3.8) is 0 Å². The predicted molar refractivity (Wildman–Crippen MR) is 73.4 cm³/mol. The van der Waals surface area contributed by atoms with Crippen LogP contribution in [0.3, 0.4) is 0 Å². The standard InChI is InChI=1S/C13H24N4O2/c1-5-17-6-7-19-11(9-17)12(14-2)13-10(18-4)8-15-16(13)3/h8,11-12,14H,5-7,9H2,1-4H3. The van der Waals surface area contributed by atoms with Crippen LogP contribution in [-0.2, 0) is 11.8 Å². The number of hydrogen-bond acceptors (Lipinski definition) is 5. The van der Waals surface area contributed by atoms with Crippen LogP contribution in [0.5, 0.6) is 5.75 Å². The molecule has 1 saturated heterocycles. The molecule has 19 heavy (non-hydrogen) atoms. The van der Waals surface area contributed by atoms with Crippen molar-refractivity contribution in [1.82, 2.24) is 20.0 Å². The van der Waals surface area contributed by atoms with Crippen LogP contribution < -0.4 is 10.1 Å². The number of aryl methyl sites for hydroxylation is 1. The fourth-order valence-electron chi connectivity index (χ4n) is 2.66. The molecule has 1 aromatic heterocycles. The Kier molecular flexibility index (Phi) is 4.79. The summed E-state index contributed by atoms with van der Waals surface area (Å²) in [4.78, 5) is 2.40. The quantitative estimate of drug-likeness (QED) is 0.838. The molecule has 0 bridgehead atoms. The first-order valence-electron chi connectivity index (χ1n) is 6.78.